The molecular weight excluding hydrogens is 316 g/mol. The number of ether oxygens (including phenoxy) is 1. The van der Waals surface area contributed by atoms with E-state index >= 15 is 0 Å². The van der Waals surface area contributed by atoms with Crippen molar-refractivity contribution < 1.29 is 9.53 Å². The van der Waals surface area contributed by atoms with Gasteiger partial charge in [-0.2, -0.15) is 0 Å². The lowest BCUT2D eigenvalue weighted by molar-refractivity contribution is 0.244. The number of nitrogens with zero attached hydrogens (tertiary/aromatic N) is 2. The summed E-state index contributed by atoms with van der Waals surface area (Å²) in [6.45, 7) is 0. The summed E-state index contributed by atoms with van der Waals surface area (Å²) < 4.78 is 7.13. The number of carbonyl (C=O) groups is 1. The maximum Gasteiger partial charge on any atom is 0.312 e. The lowest BCUT2D eigenvalue weighted by atomic mass is 10.1. The maximum atomic E-state index is 11.5. The Morgan fingerprint density at radius 1 is 1.20 bits per heavy atom. The van der Waals surface area contributed by atoms with Gasteiger partial charge in [0.05, 0.1) is 13.2 Å². The predicted molar refractivity (Wildman–Crippen MR) is 95.7 cm³/mol. The molecule has 2 aromatic carbocycles. The third kappa shape index (κ3) is 3.98. The lowest BCUT2D eigenvalue weighted by Gasteiger charge is -2.19. The molecule has 1 atom stereocenters. The SMILES string of the molecule is COc1ccc(-n2ccnc2[C@H](Cc2ccccc2)NC(N)=O)cc1. The molecule has 1 aromatic heterocycles. The zero-order valence-corrected chi connectivity index (χ0v) is 13.9. The van der Waals surface area contributed by atoms with Crippen molar-refractivity contribution in [2.45, 2.75) is 12.5 Å². The maximum absolute atomic E-state index is 11.5. The van der Waals surface area contributed by atoms with E-state index in [2.05, 4.69) is 10.3 Å². The molecule has 3 aromatic rings. The van der Waals surface area contributed by atoms with Gasteiger partial charge in [0.2, 0.25) is 0 Å². The molecule has 0 aliphatic carbocycles. The summed E-state index contributed by atoms with van der Waals surface area (Å²) in [4.78, 5) is 15.9. The van der Waals surface area contributed by atoms with Crippen molar-refractivity contribution in [3.05, 3.63) is 78.4 Å². The molecule has 0 saturated carbocycles. The van der Waals surface area contributed by atoms with Crippen molar-refractivity contribution in [1.82, 2.24) is 14.9 Å². The van der Waals surface area contributed by atoms with E-state index in [-0.39, 0.29) is 6.04 Å². The quantitative estimate of drug-likeness (QED) is 0.726. The van der Waals surface area contributed by atoms with Gasteiger partial charge in [-0.3, -0.25) is 0 Å². The predicted octanol–water partition coefficient (Wildman–Crippen LogP) is 2.83. The van der Waals surface area contributed by atoms with E-state index in [0.29, 0.717) is 12.2 Å². The first-order valence-corrected chi connectivity index (χ1v) is 7.95. The number of rotatable bonds is 6. The van der Waals surface area contributed by atoms with Gasteiger partial charge in [-0.15, -0.1) is 0 Å². The smallest absolute Gasteiger partial charge is 0.312 e. The highest BCUT2D eigenvalue weighted by atomic mass is 16.5. The number of nitrogens with two attached hydrogens (primary N) is 1. The van der Waals surface area contributed by atoms with Gasteiger partial charge in [-0.1, -0.05) is 30.3 Å². The topological polar surface area (TPSA) is 82.2 Å². The molecule has 25 heavy (non-hydrogen) atoms. The fraction of sp³-hybridized carbons (Fsp3) is 0.158. The molecular formula is C19H20N4O2. The highest BCUT2D eigenvalue weighted by molar-refractivity contribution is 5.72. The third-order valence-electron chi connectivity index (χ3n) is 3.93. The Kier molecular flexibility index (Phi) is 4.99. The van der Waals surface area contributed by atoms with Crippen LogP contribution in [0, 0.1) is 0 Å². The Hall–Kier alpha value is -3.28. The number of carbonyl (C=O) groups excluding carboxylic acids is 1. The molecule has 0 unspecified atom stereocenters. The first-order chi connectivity index (χ1) is 12.2. The zero-order valence-electron chi connectivity index (χ0n) is 13.9. The molecule has 0 saturated heterocycles. The van der Waals surface area contributed by atoms with E-state index in [0.717, 1.165) is 17.0 Å². The number of aromatic nitrogens is 2. The summed E-state index contributed by atoms with van der Waals surface area (Å²) >= 11 is 0. The van der Waals surface area contributed by atoms with Crippen LogP contribution in [-0.4, -0.2) is 22.7 Å². The first kappa shape index (κ1) is 16.6. The van der Waals surface area contributed by atoms with E-state index in [9.17, 15) is 4.79 Å². The molecule has 0 aliphatic heterocycles. The number of benzene rings is 2. The monoisotopic (exact) mass is 336 g/mol. The molecule has 2 amide bonds. The molecule has 0 fully saturated rings. The number of amides is 2. The number of methoxy groups -OCH3 is 1. The minimum Gasteiger partial charge on any atom is -0.497 e. The molecule has 3 N–H and O–H groups in total. The van der Waals surface area contributed by atoms with Crippen LogP contribution in [0.25, 0.3) is 5.69 Å². The molecule has 0 radical (unpaired) electrons. The minimum atomic E-state index is -0.579. The second-order valence-electron chi connectivity index (χ2n) is 5.60. The van der Waals surface area contributed by atoms with E-state index in [1.165, 1.54) is 0 Å². The Morgan fingerprint density at radius 2 is 1.92 bits per heavy atom. The highest BCUT2D eigenvalue weighted by Crippen LogP contribution is 2.22. The van der Waals surface area contributed by atoms with Gasteiger partial charge in [-0.05, 0) is 36.2 Å². The summed E-state index contributed by atoms with van der Waals surface area (Å²) in [5.41, 5.74) is 7.39. The summed E-state index contributed by atoms with van der Waals surface area (Å²) in [6.07, 6.45) is 4.16. The van der Waals surface area contributed by atoms with Crippen LogP contribution < -0.4 is 15.8 Å². The van der Waals surface area contributed by atoms with E-state index in [1.54, 1.807) is 13.3 Å². The average Bonchev–Trinajstić information content (AvgIpc) is 3.11. The summed E-state index contributed by atoms with van der Waals surface area (Å²) in [5.74, 6) is 1.49. The molecule has 3 rings (SSSR count). The van der Waals surface area contributed by atoms with Crippen LogP contribution in [0.15, 0.2) is 67.0 Å². The minimum absolute atomic E-state index is 0.336. The summed E-state index contributed by atoms with van der Waals surface area (Å²) in [5, 5.41) is 2.79. The van der Waals surface area contributed by atoms with Crippen LogP contribution in [0.1, 0.15) is 17.4 Å². The normalized spacial score (nSPS) is 11.7. The van der Waals surface area contributed by atoms with Gasteiger partial charge < -0.3 is 20.4 Å². The molecule has 0 aliphatic rings. The van der Waals surface area contributed by atoms with Gasteiger partial charge in [0.15, 0.2) is 0 Å². The van der Waals surface area contributed by atoms with Gasteiger partial charge in [0, 0.05) is 18.1 Å². The number of urea groups is 1. The fourth-order valence-electron chi connectivity index (χ4n) is 2.76. The standard InChI is InChI=1S/C19H20N4O2/c1-25-16-9-7-15(8-10-16)23-12-11-21-18(23)17(22-19(20)24)13-14-5-3-2-4-6-14/h2-12,17H,13H2,1H3,(H3,20,22,24)/t17-/m0/s1. The van der Waals surface area contributed by atoms with Crippen LogP contribution in [0.5, 0.6) is 5.75 Å². The van der Waals surface area contributed by atoms with E-state index < -0.39 is 6.03 Å². The fourth-order valence-corrected chi connectivity index (χ4v) is 2.76. The van der Waals surface area contributed by atoms with Crippen molar-refractivity contribution in [3.8, 4) is 11.4 Å². The molecule has 128 valence electrons. The number of nitrogens with one attached hydrogen (secondary N) is 1. The lowest BCUT2D eigenvalue weighted by Crippen LogP contribution is -2.35. The van der Waals surface area contributed by atoms with Crippen LogP contribution in [0.4, 0.5) is 4.79 Å². The third-order valence-corrected chi connectivity index (χ3v) is 3.93. The largest absolute Gasteiger partial charge is 0.497 e. The molecule has 1 heterocycles. The van der Waals surface area contributed by atoms with Crippen LogP contribution in [0.3, 0.4) is 0 Å². The van der Waals surface area contributed by atoms with E-state index in [4.69, 9.17) is 10.5 Å². The Balaban J connectivity index is 1.93. The van der Waals surface area contributed by atoms with Crippen molar-refractivity contribution in [2.75, 3.05) is 7.11 Å². The van der Waals surface area contributed by atoms with Crippen molar-refractivity contribution in [1.29, 1.82) is 0 Å². The number of imidazole rings is 1. The molecule has 6 heteroatoms. The number of hydrogen-bond acceptors (Lipinski definition) is 3. The zero-order chi connectivity index (χ0) is 17.6. The Bertz CT molecular complexity index is 828. The number of primary amides is 1. The second kappa shape index (κ2) is 7.53. The van der Waals surface area contributed by atoms with Gasteiger partial charge in [0.25, 0.3) is 0 Å². The van der Waals surface area contributed by atoms with Crippen molar-refractivity contribution >= 4 is 6.03 Å². The molecule has 6 nitrogen and oxygen atoms in total. The van der Waals surface area contributed by atoms with Crippen LogP contribution in [-0.2, 0) is 6.42 Å². The van der Waals surface area contributed by atoms with Crippen molar-refractivity contribution in [3.63, 3.8) is 0 Å². The van der Waals surface area contributed by atoms with Crippen LogP contribution >= 0.6 is 0 Å². The summed E-state index contributed by atoms with van der Waals surface area (Å²) in [6, 6.07) is 16.6. The Morgan fingerprint density at radius 3 is 2.56 bits per heavy atom. The van der Waals surface area contributed by atoms with E-state index in [1.807, 2.05) is 65.4 Å². The molecule has 0 bridgehead atoms. The number of hydrogen-bond donors (Lipinski definition) is 2. The highest BCUT2D eigenvalue weighted by Gasteiger charge is 2.20. The van der Waals surface area contributed by atoms with Gasteiger partial charge in [-0.25, -0.2) is 9.78 Å². The Labute approximate surface area is 146 Å². The first-order valence-electron chi connectivity index (χ1n) is 7.95. The van der Waals surface area contributed by atoms with Gasteiger partial charge >= 0.3 is 6.03 Å². The average molecular weight is 336 g/mol. The van der Waals surface area contributed by atoms with Crippen molar-refractivity contribution in [2.24, 2.45) is 5.73 Å². The second-order valence-corrected chi connectivity index (χ2v) is 5.60. The van der Waals surface area contributed by atoms with Crippen LogP contribution in [0.2, 0.25) is 0 Å². The van der Waals surface area contributed by atoms with Gasteiger partial charge in [0.1, 0.15) is 11.6 Å². The summed E-state index contributed by atoms with van der Waals surface area (Å²) in [7, 11) is 1.63. The molecule has 0 spiro atoms.